The molecule has 0 unspecified atom stereocenters. The van der Waals surface area contributed by atoms with Gasteiger partial charge in [-0.2, -0.15) is 0 Å². The van der Waals surface area contributed by atoms with Crippen LogP contribution in [0, 0.1) is 0 Å². The molecule has 0 heterocycles. The average Bonchev–Trinajstić information content (AvgIpc) is 2.54. The SMILES string of the molecule is CCOc1cc(CNC(C)C)cc(Cl)c1OCc1ccc(Cl)cc1Cl. The maximum atomic E-state index is 6.43. The molecule has 0 spiro atoms. The highest BCUT2D eigenvalue weighted by atomic mass is 35.5. The van der Waals surface area contributed by atoms with E-state index < -0.39 is 0 Å². The van der Waals surface area contributed by atoms with Gasteiger partial charge >= 0.3 is 0 Å². The quantitative estimate of drug-likeness (QED) is 0.576. The molecule has 25 heavy (non-hydrogen) atoms. The molecule has 0 bridgehead atoms. The van der Waals surface area contributed by atoms with Gasteiger partial charge in [-0.05, 0) is 36.8 Å². The first-order valence-electron chi connectivity index (χ1n) is 8.16. The van der Waals surface area contributed by atoms with Crippen LogP contribution < -0.4 is 14.8 Å². The van der Waals surface area contributed by atoms with Crippen LogP contribution in [0.4, 0.5) is 0 Å². The minimum Gasteiger partial charge on any atom is -0.490 e. The molecule has 0 radical (unpaired) electrons. The Labute approximate surface area is 164 Å². The number of halogens is 3. The molecule has 2 aromatic carbocycles. The Hall–Kier alpha value is -1.13. The fourth-order valence-corrected chi connectivity index (χ4v) is 2.99. The van der Waals surface area contributed by atoms with Crippen LogP contribution in [0.5, 0.6) is 11.5 Å². The largest absolute Gasteiger partial charge is 0.490 e. The zero-order valence-electron chi connectivity index (χ0n) is 14.5. The van der Waals surface area contributed by atoms with Gasteiger partial charge in [0.15, 0.2) is 11.5 Å². The van der Waals surface area contributed by atoms with E-state index in [-0.39, 0.29) is 6.61 Å². The first kappa shape index (κ1) is 20.2. The third kappa shape index (κ3) is 5.96. The van der Waals surface area contributed by atoms with Gasteiger partial charge in [0, 0.05) is 28.2 Å². The number of hydrogen-bond acceptors (Lipinski definition) is 3. The summed E-state index contributed by atoms with van der Waals surface area (Å²) in [7, 11) is 0. The summed E-state index contributed by atoms with van der Waals surface area (Å²) in [4.78, 5) is 0. The van der Waals surface area contributed by atoms with Crippen molar-refractivity contribution in [3.8, 4) is 11.5 Å². The number of nitrogens with one attached hydrogen (secondary N) is 1. The zero-order valence-corrected chi connectivity index (χ0v) is 16.8. The summed E-state index contributed by atoms with van der Waals surface area (Å²) in [6, 6.07) is 9.52. The van der Waals surface area contributed by atoms with Crippen LogP contribution in [0.25, 0.3) is 0 Å². The fraction of sp³-hybridized carbons (Fsp3) is 0.368. The van der Waals surface area contributed by atoms with E-state index in [1.807, 2.05) is 25.1 Å². The van der Waals surface area contributed by atoms with Gasteiger partial charge in [-0.3, -0.25) is 0 Å². The zero-order chi connectivity index (χ0) is 18.4. The molecule has 136 valence electrons. The Morgan fingerprint density at radius 1 is 1.00 bits per heavy atom. The Morgan fingerprint density at radius 3 is 2.40 bits per heavy atom. The van der Waals surface area contributed by atoms with Crippen LogP contribution in [-0.2, 0) is 13.2 Å². The molecule has 3 nitrogen and oxygen atoms in total. The fourth-order valence-electron chi connectivity index (χ4n) is 2.24. The van der Waals surface area contributed by atoms with E-state index in [0.717, 1.165) is 11.1 Å². The van der Waals surface area contributed by atoms with Crippen molar-refractivity contribution >= 4 is 34.8 Å². The Morgan fingerprint density at radius 2 is 1.76 bits per heavy atom. The van der Waals surface area contributed by atoms with E-state index in [9.17, 15) is 0 Å². The predicted octanol–water partition coefficient (Wildman–Crippen LogP) is 6.12. The van der Waals surface area contributed by atoms with E-state index in [4.69, 9.17) is 44.3 Å². The topological polar surface area (TPSA) is 30.5 Å². The van der Waals surface area contributed by atoms with Crippen molar-refractivity contribution in [3.05, 3.63) is 56.5 Å². The molecule has 0 atom stereocenters. The first-order valence-corrected chi connectivity index (χ1v) is 9.29. The monoisotopic (exact) mass is 401 g/mol. The summed E-state index contributed by atoms with van der Waals surface area (Å²) in [6.07, 6.45) is 0. The number of rotatable bonds is 8. The molecular weight excluding hydrogens is 381 g/mol. The van der Waals surface area contributed by atoms with Crippen LogP contribution in [-0.4, -0.2) is 12.6 Å². The number of benzene rings is 2. The van der Waals surface area contributed by atoms with E-state index in [0.29, 0.717) is 45.8 Å². The van der Waals surface area contributed by atoms with Gasteiger partial charge in [-0.1, -0.05) is 54.7 Å². The Kier molecular flexibility index (Phi) is 7.70. The van der Waals surface area contributed by atoms with Gasteiger partial charge in [0.05, 0.1) is 11.6 Å². The lowest BCUT2D eigenvalue weighted by molar-refractivity contribution is 0.269. The normalized spacial score (nSPS) is 11.0. The second kappa shape index (κ2) is 9.54. The van der Waals surface area contributed by atoms with E-state index in [1.54, 1.807) is 12.1 Å². The smallest absolute Gasteiger partial charge is 0.180 e. The molecule has 6 heteroatoms. The molecule has 1 N–H and O–H groups in total. The van der Waals surface area contributed by atoms with Crippen LogP contribution in [0.1, 0.15) is 31.9 Å². The van der Waals surface area contributed by atoms with Gasteiger partial charge in [0.2, 0.25) is 0 Å². The minimum atomic E-state index is 0.277. The third-order valence-corrected chi connectivity index (χ3v) is 4.34. The highest BCUT2D eigenvalue weighted by Gasteiger charge is 2.14. The maximum Gasteiger partial charge on any atom is 0.180 e. The van der Waals surface area contributed by atoms with Crippen LogP contribution in [0.3, 0.4) is 0 Å². The van der Waals surface area contributed by atoms with Crippen molar-refractivity contribution in [1.82, 2.24) is 5.32 Å². The minimum absolute atomic E-state index is 0.277. The van der Waals surface area contributed by atoms with E-state index in [1.165, 1.54) is 0 Å². The molecule has 0 fully saturated rings. The van der Waals surface area contributed by atoms with Crippen molar-refractivity contribution in [1.29, 1.82) is 0 Å². The number of hydrogen-bond donors (Lipinski definition) is 1. The second-order valence-corrected chi connectivity index (χ2v) is 7.15. The Bertz CT molecular complexity index is 720. The van der Waals surface area contributed by atoms with Crippen molar-refractivity contribution < 1.29 is 9.47 Å². The van der Waals surface area contributed by atoms with Crippen LogP contribution in [0.15, 0.2) is 30.3 Å². The summed E-state index contributed by atoms with van der Waals surface area (Å²) in [6.45, 7) is 7.62. The summed E-state index contributed by atoms with van der Waals surface area (Å²) >= 11 is 18.5. The molecule has 0 saturated carbocycles. The standard InChI is InChI=1S/C19H22Cl3NO2/c1-4-24-18-8-13(10-23-12(2)3)7-17(22)19(18)25-11-14-5-6-15(20)9-16(14)21/h5-9,12,23H,4,10-11H2,1-3H3. The average molecular weight is 403 g/mol. The molecule has 0 aliphatic carbocycles. The van der Waals surface area contributed by atoms with Crippen molar-refractivity contribution in [2.24, 2.45) is 0 Å². The Balaban J connectivity index is 2.20. The molecule has 0 amide bonds. The van der Waals surface area contributed by atoms with Crippen molar-refractivity contribution in [3.63, 3.8) is 0 Å². The highest BCUT2D eigenvalue weighted by Crippen LogP contribution is 2.37. The summed E-state index contributed by atoms with van der Waals surface area (Å²) in [5.41, 5.74) is 1.87. The van der Waals surface area contributed by atoms with Gasteiger partial charge in [0.25, 0.3) is 0 Å². The predicted molar refractivity (Wildman–Crippen MR) is 105 cm³/mol. The lowest BCUT2D eigenvalue weighted by atomic mass is 10.2. The van der Waals surface area contributed by atoms with Crippen LogP contribution >= 0.6 is 34.8 Å². The molecule has 2 aromatic rings. The molecule has 0 aromatic heterocycles. The molecule has 0 aliphatic heterocycles. The van der Waals surface area contributed by atoms with Gasteiger partial charge in [-0.25, -0.2) is 0 Å². The lowest BCUT2D eigenvalue weighted by Crippen LogP contribution is -2.21. The lowest BCUT2D eigenvalue weighted by Gasteiger charge is -2.16. The summed E-state index contributed by atoms with van der Waals surface area (Å²) < 4.78 is 11.6. The van der Waals surface area contributed by atoms with Crippen molar-refractivity contribution in [2.75, 3.05) is 6.61 Å². The summed E-state index contributed by atoms with van der Waals surface area (Å²) in [5.74, 6) is 1.14. The van der Waals surface area contributed by atoms with Crippen LogP contribution in [0.2, 0.25) is 15.1 Å². The maximum absolute atomic E-state index is 6.43. The second-order valence-electron chi connectivity index (χ2n) is 5.90. The first-order chi connectivity index (χ1) is 11.9. The van der Waals surface area contributed by atoms with E-state index >= 15 is 0 Å². The molecular formula is C19H22Cl3NO2. The van der Waals surface area contributed by atoms with Crippen molar-refractivity contribution in [2.45, 2.75) is 40.0 Å². The third-order valence-electron chi connectivity index (χ3n) is 3.47. The highest BCUT2D eigenvalue weighted by molar-refractivity contribution is 6.35. The molecule has 2 rings (SSSR count). The van der Waals surface area contributed by atoms with Gasteiger partial charge in [-0.15, -0.1) is 0 Å². The van der Waals surface area contributed by atoms with Gasteiger partial charge < -0.3 is 14.8 Å². The van der Waals surface area contributed by atoms with Gasteiger partial charge in [0.1, 0.15) is 6.61 Å². The molecule has 0 aliphatic rings. The number of ether oxygens (including phenoxy) is 2. The molecule has 0 saturated heterocycles. The van der Waals surface area contributed by atoms with E-state index in [2.05, 4.69) is 19.2 Å². The summed E-state index contributed by atoms with van der Waals surface area (Å²) in [5, 5.41) is 5.02.